The summed E-state index contributed by atoms with van der Waals surface area (Å²) in [5.74, 6) is 0.0360. The molecule has 1 aliphatic heterocycles. The zero-order valence-electron chi connectivity index (χ0n) is 12.6. The summed E-state index contributed by atoms with van der Waals surface area (Å²) in [4.78, 5) is 0.377. The Kier molecular flexibility index (Phi) is 4.08. The van der Waals surface area contributed by atoms with Crippen LogP contribution in [0.1, 0.15) is 5.56 Å². The minimum absolute atomic E-state index is 0.0186. The maximum Gasteiger partial charge on any atom is 0.273 e. The number of benzene rings is 2. The summed E-state index contributed by atoms with van der Waals surface area (Å²) >= 11 is 13.0. The molecule has 0 aliphatic carbocycles. The lowest BCUT2D eigenvalue weighted by Crippen LogP contribution is -2.20. The van der Waals surface area contributed by atoms with Crippen LogP contribution in [0, 0.1) is 11.3 Å². The number of nitrogens with zero attached hydrogens (tertiary/aromatic N) is 4. The number of anilines is 2. The molecule has 1 N–H and O–H groups in total. The molecule has 0 atom stereocenters. The Morgan fingerprint density at radius 3 is 2.58 bits per heavy atom. The summed E-state index contributed by atoms with van der Waals surface area (Å²) in [7, 11) is -3.99. The van der Waals surface area contributed by atoms with E-state index in [4.69, 9.17) is 28.5 Å². The van der Waals surface area contributed by atoms with E-state index in [2.05, 4.69) is 15.5 Å². The highest BCUT2D eigenvalue weighted by Crippen LogP contribution is 2.42. The average molecular weight is 424 g/mol. The Morgan fingerprint density at radius 1 is 1.15 bits per heavy atom. The Morgan fingerprint density at radius 2 is 1.88 bits per heavy atom. The Balaban J connectivity index is 1.83. The van der Waals surface area contributed by atoms with Crippen molar-refractivity contribution in [2.45, 2.75) is 14.9 Å². The van der Waals surface area contributed by atoms with Crippen molar-refractivity contribution in [3.05, 3.63) is 52.0 Å². The quantitative estimate of drug-likeness (QED) is 0.521. The first kappa shape index (κ1) is 17.2. The zero-order chi connectivity index (χ0) is 18.5. The van der Waals surface area contributed by atoms with E-state index >= 15 is 0 Å². The first-order valence-electron chi connectivity index (χ1n) is 7.05. The van der Waals surface area contributed by atoms with E-state index in [1.165, 1.54) is 12.1 Å². The van der Waals surface area contributed by atoms with Crippen molar-refractivity contribution in [2.75, 3.05) is 5.32 Å². The van der Waals surface area contributed by atoms with Gasteiger partial charge >= 0.3 is 0 Å². The van der Waals surface area contributed by atoms with Gasteiger partial charge in [0, 0.05) is 15.6 Å². The van der Waals surface area contributed by atoms with E-state index in [-0.39, 0.29) is 26.6 Å². The van der Waals surface area contributed by atoms with Gasteiger partial charge < -0.3 is 5.32 Å². The van der Waals surface area contributed by atoms with Crippen molar-refractivity contribution < 1.29 is 8.42 Å². The van der Waals surface area contributed by atoms with Gasteiger partial charge in [-0.2, -0.15) is 9.23 Å². The zero-order valence-corrected chi connectivity index (χ0v) is 15.8. The summed E-state index contributed by atoms with van der Waals surface area (Å²) in [6.07, 6.45) is 0. The Bertz CT molecular complexity index is 1180. The SMILES string of the molecule is N#Cc1cc2c(cc1Cl)Sc1nnc(Nc3ccc(Cl)cc3)n1S2(=O)=O. The van der Waals surface area contributed by atoms with Gasteiger partial charge in [0.15, 0.2) is 0 Å². The van der Waals surface area contributed by atoms with E-state index < -0.39 is 10.0 Å². The molecule has 0 bridgehead atoms. The first-order valence-corrected chi connectivity index (χ1v) is 10.1. The molecule has 1 aromatic heterocycles. The van der Waals surface area contributed by atoms with E-state index in [0.29, 0.717) is 15.6 Å². The molecule has 0 saturated heterocycles. The van der Waals surface area contributed by atoms with E-state index in [1.807, 2.05) is 6.07 Å². The lowest BCUT2D eigenvalue weighted by Gasteiger charge is -2.19. The van der Waals surface area contributed by atoms with E-state index in [0.717, 1.165) is 15.7 Å². The fraction of sp³-hybridized carbons (Fsp3) is 0. The van der Waals surface area contributed by atoms with Gasteiger partial charge in [0.2, 0.25) is 11.1 Å². The van der Waals surface area contributed by atoms with Gasteiger partial charge in [-0.25, -0.2) is 8.42 Å². The maximum absolute atomic E-state index is 13.1. The summed E-state index contributed by atoms with van der Waals surface area (Å²) < 4.78 is 27.1. The fourth-order valence-electron chi connectivity index (χ4n) is 2.38. The van der Waals surface area contributed by atoms with E-state index in [1.54, 1.807) is 24.3 Å². The molecule has 7 nitrogen and oxygen atoms in total. The minimum atomic E-state index is -3.99. The van der Waals surface area contributed by atoms with Gasteiger partial charge in [0.25, 0.3) is 10.0 Å². The molecular weight excluding hydrogens is 417 g/mol. The van der Waals surface area contributed by atoms with Gasteiger partial charge in [-0.15, -0.1) is 10.2 Å². The van der Waals surface area contributed by atoms with Crippen LogP contribution in [-0.4, -0.2) is 22.6 Å². The second-order valence-electron chi connectivity index (χ2n) is 5.20. The third-order valence-corrected chi connectivity index (χ3v) is 7.10. The predicted molar refractivity (Wildman–Crippen MR) is 97.6 cm³/mol. The number of aromatic nitrogens is 3. The van der Waals surface area contributed by atoms with Crippen molar-refractivity contribution >= 4 is 56.6 Å². The summed E-state index contributed by atoms with van der Waals surface area (Å²) in [6, 6.07) is 11.3. The van der Waals surface area contributed by atoms with E-state index in [9.17, 15) is 8.42 Å². The molecule has 0 amide bonds. The van der Waals surface area contributed by atoms with Gasteiger partial charge in [-0.1, -0.05) is 23.2 Å². The summed E-state index contributed by atoms with van der Waals surface area (Å²) in [5, 5.41) is 20.8. The molecule has 3 aromatic rings. The number of hydrogen-bond acceptors (Lipinski definition) is 7. The molecule has 0 saturated carbocycles. The number of nitrogens with one attached hydrogen (secondary N) is 1. The van der Waals surface area contributed by atoms with Crippen LogP contribution in [0.15, 0.2) is 51.3 Å². The minimum Gasteiger partial charge on any atom is -0.323 e. The molecule has 2 aromatic carbocycles. The highest BCUT2D eigenvalue weighted by Gasteiger charge is 2.35. The topological polar surface area (TPSA) is 101 Å². The van der Waals surface area contributed by atoms with Crippen molar-refractivity contribution in [3.63, 3.8) is 0 Å². The van der Waals surface area contributed by atoms with Gasteiger partial charge in [0.1, 0.15) is 11.0 Å². The normalized spacial score (nSPS) is 14.2. The van der Waals surface area contributed by atoms with Gasteiger partial charge in [0.05, 0.1) is 10.6 Å². The molecule has 4 rings (SSSR count). The van der Waals surface area contributed by atoms with Crippen molar-refractivity contribution in [1.82, 2.24) is 14.2 Å². The van der Waals surface area contributed by atoms with Gasteiger partial charge in [-0.05, 0) is 48.2 Å². The second-order valence-corrected chi connectivity index (χ2v) is 8.81. The number of rotatable bonds is 2. The lowest BCUT2D eigenvalue weighted by atomic mass is 10.2. The summed E-state index contributed by atoms with van der Waals surface area (Å²) in [5.41, 5.74) is 0.683. The predicted octanol–water partition coefficient (Wildman–Crippen LogP) is 3.90. The molecule has 1 aliphatic rings. The van der Waals surface area contributed by atoms with Crippen LogP contribution >= 0.6 is 35.0 Å². The number of fused-ring (bicyclic) bond motifs is 2. The molecule has 26 heavy (non-hydrogen) atoms. The number of halogens is 2. The fourth-order valence-corrected chi connectivity index (χ4v) is 5.73. The standard InChI is InChI=1S/C15H7Cl2N5O2S2/c16-9-1-3-10(4-2-9)19-14-20-21-15-22(14)26(23,24)13-5-8(7-18)11(17)6-12(13)25-15/h1-6H,(H,19,20). The average Bonchev–Trinajstić information content (AvgIpc) is 3.00. The monoisotopic (exact) mass is 423 g/mol. The number of hydrogen-bond donors (Lipinski definition) is 1. The van der Waals surface area contributed by atoms with Gasteiger partial charge in [-0.3, -0.25) is 0 Å². The highest BCUT2D eigenvalue weighted by atomic mass is 35.5. The van der Waals surface area contributed by atoms with Crippen molar-refractivity contribution in [2.24, 2.45) is 0 Å². The maximum atomic E-state index is 13.1. The molecule has 0 radical (unpaired) electrons. The van der Waals surface area contributed by atoms with Crippen LogP contribution in [0.3, 0.4) is 0 Å². The molecule has 0 fully saturated rings. The smallest absolute Gasteiger partial charge is 0.273 e. The van der Waals surface area contributed by atoms with Crippen LogP contribution in [0.4, 0.5) is 11.6 Å². The Labute approximate surface area is 162 Å². The second kappa shape index (κ2) is 6.17. The van der Waals surface area contributed by atoms with Crippen LogP contribution in [0.5, 0.6) is 0 Å². The number of nitriles is 1. The van der Waals surface area contributed by atoms with Crippen molar-refractivity contribution in [1.29, 1.82) is 5.26 Å². The highest BCUT2D eigenvalue weighted by molar-refractivity contribution is 8.01. The van der Waals surface area contributed by atoms with Crippen molar-refractivity contribution in [3.8, 4) is 6.07 Å². The molecule has 11 heteroatoms. The largest absolute Gasteiger partial charge is 0.323 e. The molecule has 130 valence electrons. The summed E-state index contributed by atoms with van der Waals surface area (Å²) in [6.45, 7) is 0. The van der Waals surface area contributed by atoms with Crippen LogP contribution < -0.4 is 5.32 Å². The molecular formula is C15H7Cl2N5O2S2. The first-order chi connectivity index (χ1) is 12.4. The van der Waals surface area contributed by atoms with Crippen LogP contribution in [-0.2, 0) is 10.0 Å². The third-order valence-electron chi connectivity index (χ3n) is 3.57. The molecule has 2 heterocycles. The van der Waals surface area contributed by atoms with Crippen LogP contribution in [0.2, 0.25) is 10.0 Å². The molecule has 0 spiro atoms. The lowest BCUT2D eigenvalue weighted by molar-refractivity contribution is 0.579. The third kappa shape index (κ3) is 2.71. The Hall–Kier alpha value is -2.25. The van der Waals surface area contributed by atoms with Crippen LogP contribution in [0.25, 0.3) is 0 Å². The molecule has 0 unspecified atom stereocenters.